The van der Waals surface area contributed by atoms with Crippen LogP contribution >= 0.6 is 0 Å². The van der Waals surface area contributed by atoms with Crippen molar-refractivity contribution in [3.05, 3.63) is 0 Å². The average molecular weight is 254 g/mol. The fourth-order valence-corrected chi connectivity index (χ4v) is 3.10. The fourth-order valence-electron chi connectivity index (χ4n) is 3.10. The van der Waals surface area contributed by atoms with Crippen molar-refractivity contribution in [2.75, 3.05) is 19.7 Å². The molecular weight excluding hydrogens is 228 g/mol. The second-order valence-electron chi connectivity index (χ2n) is 5.57. The first-order valence-corrected chi connectivity index (χ1v) is 7.47. The van der Waals surface area contributed by atoms with Gasteiger partial charge in [0, 0.05) is 6.54 Å². The van der Waals surface area contributed by atoms with Crippen molar-refractivity contribution < 1.29 is 9.90 Å². The number of nitrogens with one attached hydrogen (secondary N) is 1. The Kier molecular flexibility index (Phi) is 5.45. The zero-order valence-electron chi connectivity index (χ0n) is 11.2. The van der Waals surface area contributed by atoms with Crippen LogP contribution in [0.25, 0.3) is 0 Å². The van der Waals surface area contributed by atoms with E-state index in [9.17, 15) is 9.90 Å². The number of aliphatic hydroxyl groups excluding tert-OH is 1. The first-order chi connectivity index (χ1) is 8.83. The SMILES string of the molecule is O=C(C1CCCCCN1)N1CCCCCC1CO. The normalized spacial score (nSPS) is 30.6. The summed E-state index contributed by atoms with van der Waals surface area (Å²) in [5.74, 6) is 0.220. The van der Waals surface area contributed by atoms with Crippen LogP contribution in [-0.2, 0) is 4.79 Å². The van der Waals surface area contributed by atoms with Gasteiger partial charge in [0.1, 0.15) is 0 Å². The van der Waals surface area contributed by atoms with E-state index in [0.29, 0.717) is 0 Å². The van der Waals surface area contributed by atoms with E-state index in [2.05, 4.69) is 5.32 Å². The predicted molar refractivity (Wildman–Crippen MR) is 71.3 cm³/mol. The lowest BCUT2D eigenvalue weighted by Gasteiger charge is -2.32. The Hall–Kier alpha value is -0.610. The molecule has 18 heavy (non-hydrogen) atoms. The van der Waals surface area contributed by atoms with E-state index in [1.54, 1.807) is 0 Å². The number of hydrogen-bond acceptors (Lipinski definition) is 3. The van der Waals surface area contributed by atoms with Crippen molar-refractivity contribution >= 4 is 5.91 Å². The van der Waals surface area contributed by atoms with Crippen LogP contribution in [0.5, 0.6) is 0 Å². The molecule has 2 rings (SSSR count). The van der Waals surface area contributed by atoms with Gasteiger partial charge in [0.05, 0.1) is 18.7 Å². The largest absolute Gasteiger partial charge is 0.394 e. The first kappa shape index (κ1) is 13.8. The van der Waals surface area contributed by atoms with Gasteiger partial charge >= 0.3 is 0 Å². The monoisotopic (exact) mass is 254 g/mol. The highest BCUT2D eigenvalue weighted by Crippen LogP contribution is 2.19. The van der Waals surface area contributed by atoms with E-state index >= 15 is 0 Å². The Morgan fingerprint density at radius 3 is 2.72 bits per heavy atom. The molecule has 2 aliphatic heterocycles. The lowest BCUT2D eigenvalue weighted by molar-refractivity contribution is -0.136. The summed E-state index contributed by atoms with van der Waals surface area (Å²) in [5, 5.41) is 12.8. The molecule has 104 valence electrons. The summed E-state index contributed by atoms with van der Waals surface area (Å²) in [6, 6.07) is 0.0321. The van der Waals surface area contributed by atoms with E-state index in [1.807, 2.05) is 4.90 Å². The first-order valence-electron chi connectivity index (χ1n) is 7.47. The molecule has 4 heteroatoms. The van der Waals surface area contributed by atoms with Gasteiger partial charge in [0.25, 0.3) is 0 Å². The third-order valence-electron chi connectivity index (χ3n) is 4.23. The minimum Gasteiger partial charge on any atom is -0.394 e. The molecule has 2 saturated heterocycles. The van der Waals surface area contributed by atoms with Gasteiger partial charge in [-0.05, 0) is 32.2 Å². The number of aliphatic hydroxyl groups is 1. The quantitative estimate of drug-likeness (QED) is 0.780. The standard InChI is InChI=1S/C14H26N2O2/c17-11-12-7-3-2-6-10-16(12)14(18)13-8-4-1-5-9-15-13/h12-13,15,17H,1-11H2. The number of carbonyl (C=O) groups excluding carboxylic acids is 1. The zero-order valence-corrected chi connectivity index (χ0v) is 11.2. The summed E-state index contributed by atoms with van der Waals surface area (Å²) >= 11 is 0. The van der Waals surface area contributed by atoms with Gasteiger partial charge < -0.3 is 15.3 Å². The zero-order chi connectivity index (χ0) is 12.8. The molecule has 2 N–H and O–H groups in total. The van der Waals surface area contributed by atoms with Gasteiger partial charge in [-0.1, -0.05) is 25.7 Å². The summed E-state index contributed by atoms with van der Waals surface area (Å²) in [4.78, 5) is 14.5. The lowest BCUT2D eigenvalue weighted by atomic mass is 10.1. The van der Waals surface area contributed by atoms with E-state index in [0.717, 1.165) is 45.2 Å². The number of likely N-dealkylation sites (tertiary alicyclic amines) is 1. The van der Waals surface area contributed by atoms with Gasteiger partial charge in [0.15, 0.2) is 0 Å². The minimum absolute atomic E-state index is 0.0142. The molecule has 2 atom stereocenters. The van der Waals surface area contributed by atoms with E-state index in [1.165, 1.54) is 19.3 Å². The molecule has 0 aliphatic carbocycles. The van der Waals surface area contributed by atoms with Gasteiger partial charge in [-0.25, -0.2) is 0 Å². The highest BCUT2D eigenvalue weighted by molar-refractivity contribution is 5.82. The molecule has 1 amide bonds. The smallest absolute Gasteiger partial charge is 0.240 e. The molecule has 0 saturated carbocycles. The van der Waals surface area contributed by atoms with Crippen LogP contribution in [0.2, 0.25) is 0 Å². The second-order valence-corrected chi connectivity index (χ2v) is 5.57. The third-order valence-corrected chi connectivity index (χ3v) is 4.23. The topological polar surface area (TPSA) is 52.6 Å². The van der Waals surface area contributed by atoms with Crippen molar-refractivity contribution in [2.24, 2.45) is 0 Å². The number of nitrogens with zero attached hydrogens (tertiary/aromatic N) is 1. The molecular formula is C14H26N2O2. The Bertz CT molecular complexity index is 263. The van der Waals surface area contributed by atoms with Crippen LogP contribution in [0.4, 0.5) is 0 Å². The lowest BCUT2D eigenvalue weighted by Crippen LogP contribution is -2.51. The van der Waals surface area contributed by atoms with Crippen molar-refractivity contribution in [1.29, 1.82) is 0 Å². The van der Waals surface area contributed by atoms with Crippen LogP contribution in [0, 0.1) is 0 Å². The van der Waals surface area contributed by atoms with Crippen molar-refractivity contribution in [3.63, 3.8) is 0 Å². The van der Waals surface area contributed by atoms with Gasteiger partial charge in [-0.15, -0.1) is 0 Å². The molecule has 0 aromatic heterocycles. The van der Waals surface area contributed by atoms with Crippen molar-refractivity contribution in [1.82, 2.24) is 10.2 Å². The summed E-state index contributed by atoms with van der Waals surface area (Å²) in [7, 11) is 0. The molecule has 0 bridgehead atoms. The van der Waals surface area contributed by atoms with Crippen molar-refractivity contribution in [2.45, 2.75) is 63.5 Å². The molecule has 2 unspecified atom stereocenters. The fraction of sp³-hybridized carbons (Fsp3) is 0.929. The maximum absolute atomic E-state index is 12.6. The summed E-state index contributed by atoms with van der Waals surface area (Å²) in [6.45, 7) is 1.88. The summed E-state index contributed by atoms with van der Waals surface area (Å²) in [5.41, 5.74) is 0. The Balaban J connectivity index is 1.99. The number of hydrogen-bond donors (Lipinski definition) is 2. The van der Waals surface area contributed by atoms with E-state index < -0.39 is 0 Å². The van der Waals surface area contributed by atoms with Crippen LogP contribution in [0.15, 0.2) is 0 Å². The number of amides is 1. The molecule has 0 spiro atoms. The van der Waals surface area contributed by atoms with E-state index in [4.69, 9.17) is 0 Å². The van der Waals surface area contributed by atoms with Gasteiger partial charge in [-0.2, -0.15) is 0 Å². The van der Waals surface area contributed by atoms with Crippen LogP contribution in [-0.4, -0.2) is 47.7 Å². The average Bonchev–Trinajstić information content (AvgIpc) is 2.80. The molecule has 0 aromatic rings. The Morgan fingerprint density at radius 1 is 1.11 bits per heavy atom. The molecule has 0 aromatic carbocycles. The van der Waals surface area contributed by atoms with E-state index in [-0.39, 0.29) is 24.6 Å². The summed E-state index contributed by atoms with van der Waals surface area (Å²) in [6.07, 6.45) is 8.83. The minimum atomic E-state index is -0.0142. The second kappa shape index (κ2) is 7.10. The van der Waals surface area contributed by atoms with Crippen LogP contribution in [0.1, 0.15) is 51.4 Å². The number of carbonyl (C=O) groups is 1. The molecule has 2 aliphatic rings. The van der Waals surface area contributed by atoms with Crippen LogP contribution < -0.4 is 5.32 Å². The molecule has 0 radical (unpaired) electrons. The van der Waals surface area contributed by atoms with Gasteiger partial charge in [-0.3, -0.25) is 4.79 Å². The Labute approximate surface area is 110 Å². The molecule has 4 nitrogen and oxygen atoms in total. The highest BCUT2D eigenvalue weighted by Gasteiger charge is 2.30. The number of rotatable bonds is 2. The Morgan fingerprint density at radius 2 is 1.89 bits per heavy atom. The van der Waals surface area contributed by atoms with Gasteiger partial charge in [0.2, 0.25) is 5.91 Å². The summed E-state index contributed by atoms with van der Waals surface area (Å²) < 4.78 is 0. The molecule has 2 heterocycles. The third kappa shape index (κ3) is 3.45. The van der Waals surface area contributed by atoms with Crippen molar-refractivity contribution in [3.8, 4) is 0 Å². The highest BCUT2D eigenvalue weighted by atomic mass is 16.3. The molecule has 2 fully saturated rings. The maximum atomic E-state index is 12.6. The van der Waals surface area contributed by atoms with Crippen LogP contribution in [0.3, 0.4) is 0 Å². The predicted octanol–water partition coefficient (Wildman–Crippen LogP) is 1.28. The maximum Gasteiger partial charge on any atom is 0.240 e.